The van der Waals surface area contributed by atoms with Crippen LogP contribution in [0, 0.1) is 0 Å². The Balaban J connectivity index is 2.21. The average molecular weight is 245 g/mol. The zero-order chi connectivity index (χ0) is 13.1. The molecule has 1 fully saturated rings. The Labute approximate surface area is 102 Å². The van der Waals surface area contributed by atoms with Crippen molar-refractivity contribution < 1.29 is 14.6 Å². The van der Waals surface area contributed by atoms with Crippen LogP contribution in [-0.4, -0.2) is 60.0 Å². The van der Waals surface area contributed by atoms with Crippen LogP contribution in [0.1, 0.15) is 20.8 Å². The van der Waals surface area contributed by atoms with Gasteiger partial charge < -0.3 is 20.9 Å². The third-order valence-corrected chi connectivity index (χ3v) is 2.44. The van der Waals surface area contributed by atoms with E-state index >= 15 is 0 Å². The number of nitrogens with two attached hydrogens (primary N) is 1. The molecule has 0 atom stereocenters. The first-order valence-electron chi connectivity index (χ1n) is 5.86. The van der Waals surface area contributed by atoms with Crippen LogP contribution in [0.2, 0.25) is 0 Å². The predicted octanol–water partition coefficient (Wildman–Crippen LogP) is -0.483. The fourth-order valence-electron chi connectivity index (χ4n) is 1.79. The molecule has 0 saturated carbocycles. The first-order valence-corrected chi connectivity index (χ1v) is 5.86. The van der Waals surface area contributed by atoms with Crippen LogP contribution in [0.3, 0.4) is 0 Å². The van der Waals surface area contributed by atoms with E-state index in [2.05, 4.69) is 5.32 Å². The van der Waals surface area contributed by atoms with Crippen LogP contribution >= 0.6 is 0 Å². The van der Waals surface area contributed by atoms with Gasteiger partial charge in [0.2, 0.25) is 0 Å². The van der Waals surface area contributed by atoms with Crippen LogP contribution in [0.4, 0.5) is 4.79 Å². The minimum atomic E-state index is -0.841. The molecule has 100 valence electrons. The number of aliphatic hydroxyl groups is 1. The highest BCUT2D eigenvalue weighted by Crippen LogP contribution is 2.19. The van der Waals surface area contributed by atoms with Gasteiger partial charge in [0.25, 0.3) is 0 Å². The molecule has 0 aliphatic carbocycles. The maximum atomic E-state index is 11.4. The van der Waals surface area contributed by atoms with Gasteiger partial charge in [0, 0.05) is 26.2 Å². The van der Waals surface area contributed by atoms with Gasteiger partial charge in [-0.2, -0.15) is 0 Å². The van der Waals surface area contributed by atoms with Crippen LogP contribution in [0.15, 0.2) is 0 Å². The van der Waals surface area contributed by atoms with Crippen molar-refractivity contribution in [1.29, 1.82) is 0 Å². The lowest BCUT2D eigenvalue weighted by Gasteiger charge is -2.46. The Hall–Kier alpha value is -0.850. The number of ether oxygens (including phenoxy) is 1. The summed E-state index contributed by atoms with van der Waals surface area (Å²) >= 11 is 0. The van der Waals surface area contributed by atoms with E-state index in [-0.39, 0.29) is 6.54 Å². The van der Waals surface area contributed by atoms with E-state index in [1.807, 2.05) is 4.90 Å². The smallest absolute Gasteiger partial charge is 0.407 e. The predicted molar refractivity (Wildman–Crippen MR) is 64.7 cm³/mol. The molecule has 0 unspecified atom stereocenters. The van der Waals surface area contributed by atoms with Crippen molar-refractivity contribution in [3.8, 4) is 0 Å². The molecule has 0 spiro atoms. The van der Waals surface area contributed by atoms with Gasteiger partial charge in [-0.1, -0.05) is 0 Å². The van der Waals surface area contributed by atoms with Gasteiger partial charge in [0.15, 0.2) is 0 Å². The standard InChI is InChI=1S/C11H23N3O3/c1-10(2,3)17-9(15)13-6-11(16)7-14(8-11)5-4-12/h16H,4-8,12H2,1-3H3,(H,13,15). The summed E-state index contributed by atoms with van der Waals surface area (Å²) in [6.07, 6.45) is -0.497. The number of carbonyl (C=O) groups excluding carboxylic acids is 1. The molecule has 1 aliphatic rings. The Morgan fingerprint density at radius 1 is 1.53 bits per heavy atom. The maximum absolute atomic E-state index is 11.4. The highest BCUT2D eigenvalue weighted by molar-refractivity contribution is 5.67. The normalized spacial score (nSPS) is 19.6. The van der Waals surface area contributed by atoms with Crippen molar-refractivity contribution in [2.24, 2.45) is 5.73 Å². The molecule has 1 saturated heterocycles. The minimum Gasteiger partial charge on any atom is -0.444 e. The van der Waals surface area contributed by atoms with Gasteiger partial charge in [0.1, 0.15) is 11.2 Å². The molecule has 6 nitrogen and oxygen atoms in total. The van der Waals surface area contributed by atoms with Crippen molar-refractivity contribution in [3.63, 3.8) is 0 Å². The van der Waals surface area contributed by atoms with Crippen molar-refractivity contribution in [2.75, 3.05) is 32.7 Å². The van der Waals surface area contributed by atoms with Gasteiger partial charge in [-0.05, 0) is 20.8 Å². The fraction of sp³-hybridized carbons (Fsp3) is 0.909. The van der Waals surface area contributed by atoms with E-state index in [4.69, 9.17) is 10.5 Å². The summed E-state index contributed by atoms with van der Waals surface area (Å²) < 4.78 is 5.08. The molecule has 1 rings (SSSR count). The van der Waals surface area contributed by atoms with Crippen molar-refractivity contribution in [3.05, 3.63) is 0 Å². The zero-order valence-corrected chi connectivity index (χ0v) is 10.8. The van der Waals surface area contributed by atoms with Crippen LogP contribution in [-0.2, 0) is 4.74 Å². The number of alkyl carbamates (subject to hydrolysis) is 1. The second-order valence-corrected chi connectivity index (χ2v) is 5.58. The highest BCUT2D eigenvalue weighted by atomic mass is 16.6. The molecule has 1 heterocycles. The molecule has 4 N–H and O–H groups in total. The molecule has 17 heavy (non-hydrogen) atoms. The lowest BCUT2D eigenvalue weighted by molar-refractivity contribution is -0.0935. The molecule has 1 amide bonds. The summed E-state index contributed by atoms with van der Waals surface area (Å²) in [6, 6.07) is 0. The summed E-state index contributed by atoms with van der Waals surface area (Å²) in [7, 11) is 0. The van der Waals surface area contributed by atoms with Crippen molar-refractivity contribution in [1.82, 2.24) is 10.2 Å². The van der Waals surface area contributed by atoms with Gasteiger partial charge in [0.05, 0.1) is 6.54 Å². The molecule has 0 radical (unpaired) electrons. The number of amides is 1. The molecular weight excluding hydrogens is 222 g/mol. The average Bonchev–Trinajstić information content (AvgIpc) is 2.10. The Bertz CT molecular complexity index is 270. The van der Waals surface area contributed by atoms with E-state index in [9.17, 15) is 9.90 Å². The molecule has 0 aromatic heterocycles. The van der Waals surface area contributed by atoms with Gasteiger partial charge in [-0.25, -0.2) is 4.79 Å². The second-order valence-electron chi connectivity index (χ2n) is 5.58. The molecular formula is C11H23N3O3. The monoisotopic (exact) mass is 245 g/mol. The number of nitrogens with one attached hydrogen (secondary N) is 1. The first-order chi connectivity index (χ1) is 7.74. The van der Waals surface area contributed by atoms with E-state index in [0.29, 0.717) is 19.6 Å². The molecule has 0 bridgehead atoms. The fourth-order valence-corrected chi connectivity index (χ4v) is 1.79. The van der Waals surface area contributed by atoms with Crippen LogP contribution < -0.4 is 11.1 Å². The van der Waals surface area contributed by atoms with Gasteiger partial charge in [-0.3, -0.25) is 4.90 Å². The summed E-state index contributed by atoms with van der Waals surface area (Å²) in [5, 5.41) is 12.6. The number of likely N-dealkylation sites (tertiary alicyclic amines) is 1. The van der Waals surface area contributed by atoms with Crippen LogP contribution in [0.25, 0.3) is 0 Å². The summed E-state index contributed by atoms with van der Waals surface area (Å²) in [5.41, 5.74) is 4.05. The lowest BCUT2D eigenvalue weighted by atomic mass is 9.94. The van der Waals surface area contributed by atoms with Gasteiger partial charge in [-0.15, -0.1) is 0 Å². The molecule has 0 aromatic carbocycles. The number of hydrogen-bond donors (Lipinski definition) is 3. The summed E-state index contributed by atoms with van der Waals surface area (Å²) in [6.45, 7) is 8.04. The van der Waals surface area contributed by atoms with E-state index in [0.717, 1.165) is 6.54 Å². The summed E-state index contributed by atoms with van der Waals surface area (Å²) in [5.74, 6) is 0. The number of nitrogens with zero attached hydrogens (tertiary/aromatic N) is 1. The third kappa shape index (κ3) is 4.89. The molecule has 1 aliphatic heterocycles. The Morgan fingerprint density at radius 3 is 2.59 bits per heavy atom. The van der Waals surface area contributed by atoms with Crippen molar-refractivity contribution >= 4 is 6.09 Å². The number of carbonyl (C=O) groups is 1. The highest BCUT2D eigenvalue weighted by Gasteiger charge is 2.40. The van der Waals surface area contributed by atoms with Crippen molar-refractivity contribution in [2.45, 2.75) is 32.0 Å². The Morgan fingerprint density at radius 2 is 2.12 bits per heavy atom. The third-order valence-electron chi connectivity index (χ3n) is 2.44. The number of β-amino-alcohol motifs (C(OH)–C–C–N with tert-alkyl or cyclic N) is 1. The molecule has 0 aromatic rings. The zero-order valence-electron chi connectivity index (χ0n) is 10.8. The van der Waals surface area contributed by atoms with Gasteiger partial charge >= 0.3 is 6.09 Å². The second kappa shape index (κ2) is 5.20. The van der Waals surface area contributed by atoms with E-state index < -0.39 is 17.3 Å². The summed E-state index contributed by atoms with van der Waals surface area (Å²) in [4.78, 5) is 13.4. The SMILES string of the molecule is CC(C)(C)OC(=O)NCC1(O)CN(CCN)C1. The lowest BCUT2D eigenvalue weighted by Crippen LogP contribution is -2.66. The number of hydrogen-bond acceptors (Lipinski definition) is 5. The maximum Gasteiger partial charge on any atom is 0.407 e. The quantitative estimate of drug-likeness (QED) is 0.622. The molecule has 6 heteroatoms. The topological polar surface area (TPSA) is 87.8 Å². The van der Waals surface area contributed by atoms with E-state index in [1.54, 1.807) is 20.8 Å². The number of rotatable bonds is 4. The Kier molecular flexibility index (Phi) is 4.35. The minimum absolute atomic E-state index is 0.211. The first kappa shape index (κ1) is 14.2. The van der Waals surface area contributed by atoms with E-state index in [1.165, 1.54) is 0 Å². The van der Waals surface area contributed by atoms with Crippen LogP contribution in [0.5, 0.6) is 0 Å². The largest absolute Gasteiger partial charge is 0.444 e.